The molecule has 0 saturated heterocycles. The number of halogens is 3. The van der Waals surface area contributed by atoms with Crippen LogP contribution in [0, 0.1) is 0 Å². The fourth-order valence-electron chi connectivity index (χ4n) is 1.88. The molecule has 0 fully saturated rings. The first-order chi connectivity index (χ1) is 9.58. The van der Waals surface area contributed by atoms with E-state index >= 15 is 0 Å². The second-order valence-electron chi connectivity index (χ2n) is 3.97. The maximum absolute atomic E-state index is 6.21. The molecule has 20 heavy (non-hydrogen) atoms. The molecule has 0 aliphatic carbocycles. The van der Waals surface area contributed by atoms with Crippen LogP contribution in [-0.2, 0) is 11.3 Å². The van der Waals surface area contributed by atoms with Gasteiger partial charge in [0, 0.05) is 12.7 Å². The predicted molar refractivity (Wildman–Crippen MR) is 85.3 cm³/mol. The minimum Gasteiger partial charge on any atom is -0.383 e. The van der Waals surface area contributed by atoms with Crippen LogP contribution in [0.2, 0.25) is 8.67 Å². The molecule has 2 aromatic heterocycles. The number of nitrogens with two attached hydrogens (primary N) is 1. The van der Waals surface area contributed by atoms with E-state index in [9.17, 15) is 0 Å². The van der Waals surface area contributed by atoms with Gasteiger partial charge in [0.2, 0.25) is 0 Å². The quantitative estimate of drug-likeness (QED) is 0.578. The number of nitrogens with one attached hydrogen (secondary N) is 1. The number of hydrogen-bond donors (Lipinski definition) is 2. The predicted octanol–water partition coefficient (Wildman–Crippen LogP) is 3.21. The number of thiophene rings is 1. The van der Waals surface area contributed by atoms with E-state index < -0.39 is 0 Å². The number of rotatable bonds is 6. The molecule has 0 amide bonds. The first-order valence-electron chi connectivity index (χ1n) is 5.69. The highest BCUT2D eigenvalue weighted by Gasteiger charge is 2.24. The molecule has 2 rings (SSSR count). The van der Waals surface area contributed by atoms with Gasteiger partial charge in [0.05, 0.1) is 44.2 Å². The van der Waals surface area contributed by atoms with Crippen molar-refractivity contribution in [2.24, 2.45) is 5.84 Å². The van der Waals surface area contributed by atoms with E-state index in [0.717, 1.165) is 15.7 Å². The average molecular weight is 400 g/mol. The van der Waals surface area contributed by atoms with Crippen LogP contribution in [0.15, 0.2) is 16.7 Å². The van der Waals surface area contributed by atoms with Crippen LogP contribution in [0.3, 0.4) is 0 Å². The zero-order valence-corrected chi connectivity index (χ0v) is 14.5. The lowest BCUT2D eigenvalue weighted by Crippen LogP contribution is -2.31. The highest BCUT2D eigenvalue weighted by molar-refractivity contribution is 9.10. The third-order valence-corrected chi connectivity index (χ3v) is 4.90. The van der Waals surface area contributed by atoms with Gasteiger partial charge in [-0.2, -0.15) is 5.10 Å². The Bertz CT molecular complexity index is 589. The summed E-state index contributed by atoms with van der Waals surface area (Å²) in [6, 6.07) is 1.50. The number of hydrazine groups is 1. The van der Waals surface area contributed by atoms with E-state index in [4.69, 9.17) is 33.8 Å². The van der Waals surface area contributed by atoms with E-state index in [1.54, 1.807) is 19.4 Å². The first-order valence-corrected chi connectivity index (χ1v) is 8.06. The Morgan fingerprint density at radius 1 is 1.60 bits per heavy atom. The number of hydrogen-bond acceptors (Lipinski definition) is 5. The van der Waals surface area contributed by atoms with Crippen molar-refractivity contribution in [3.8, 4) is 0 Å². The maximum Gasteiger partial charge on any atom is 0.0996 e. The molecule has 3 N–H and O–H groups in total. The second-order valence-corrected chi connectivity index (χ2v) is 7.11. The Kier molecular flexibility index (Phi) is 5.85. The van der Waals surface area contributed by atoms with Crippen LogP contribution in [0.1, 0.15) is 17.3 Å². The Morgan fingerprint density at radius 2 is 2.35 bits per heavy atom. The molecular weight excluding hydrogens is 387 g/mol. The van der Waals surface area contributed by atoms with Crippen LogP contribution in [0.5, 0.6) is 0 Å². The molecule has 0 radical (unpaired) electrons. The highest BCUT2D eigenvalue weighted by Crippen LogP contribution is 2.38. The smallest absolute Gasteiger partial charge is 0.0996 e. The summed E-state index contributed by atoms with van der Waals surface area (Å²) < 4.78 is 8.96. The molecule has 2 heterocycles. The third kappa shape index (κ3) is 3.36. The molecule has 1 atom stereocenters. The molecule has 9 heteroatoms. The molecule has 110 valence electrons. The van der Waals surface area contributed by atoms with E-state index in [2.05, 4.69) is 26.5 Å². The van der Waals surface area contributed by atoms with Gasteiger partial charge in [-0.05, 0) is 22.0 Å². The largest absolute Gasteiger partial charge is 0.383 e. The van der Waals surface area contributed by atoms with Gasteiger partial charge in [-0.15, -0.1) is 11.3 Å². The van der Waals surface area contributed by atoms with E-state index in [-0.39, 0.29) is 6.04 Å². The van der Waals surface area contributed by atoms with Crippen LogP contribution < -0.4 is 11.3 Å². The number of ether oxygens (including phenoxy) is 1. The fourth-order valence-corrected chi connectivity index (χ4v) is 3.94. The Morgan fingerprint density at radius 3 is 2.90 bits per heavy atom. The van der Waals surface area contributed by atoms with Gasteiger partial charge in [0.15, 0.2) is 0 Å². The molecule has 5 nitrogen and oxygen atoms in total. The summed E-state index contributed by atoms with van der Waals surface area (Å²) >= 11 is 17.0. The van der Waals surface area contributed by atoms with Crippen molar-refractivity contribution in [1.29, 1.82) is 0 Å². The lowest BCUT2D eigenvalue weighted by Gasteiger charge is -2.18. The van der Waals surface area contributed by atoms with E-state index in [0.29, 0.717) is 21.8 Å². The van der Waals surface area contributed by atoms with Crippen molar-refractivity contribution in [1.82, 2.24) is 15.2 Å². The Balaban J connectivity index is 2.41. The molecule has 0 bridgehead atoms. The van der Waals surface area contributed by atoms with Gasteiger partial charge < -0.3 is 4.74 Å². The number of methoxy groups -OCH3 is 1. The normalized spacial score (nSPS) is 12.8. The summed E-state index contributed by atoms with van der Waals surface area (Å²) in [5, 5.41) is 4.31. The number of nitrogens with zero attached hydrogens (tertiary/aromatic N) is 2. The topological polar surface area (TPSA) is 65.1 Å². The van der Waals surface area contributed by atoms with E-state index in [1.165, 1.54) is 11.3 Å². The lowest BCUT2D eigenvalue weighted by atomic mass is 10.1. The van der Waals surface area contributed by atoms with Crippen LogP contribution >= 0.6 is 50.5 Å². The summed E-state index contributed by atoms with van der Waals surface area (Å²) in [5.41, 5.74) is 4.46. The summed E-state index contributed by atoms with van der Waals surface area (Å²) in [6.07, 6.45) is 1.72. The van der Waals surface area contributed by atoms with Gasteiger partial charge in [-0.1, -0.05) is 23.2 Å². The Hall–Kier alpha value is -0.150. The minimum atomic E-state index is -0.306. The van der Waals surface area contributed by atoms with Gasteiger partial charge in [0.1, 0.15) is 0 Å². The zero-order valence-electron chi connectivity index (χ0n) is 10.6. The summed E-state index contributed by atoms with van der Waals surface area (Å²) in [7, 11) is 1.65. The zero-order chi connectivity index (χ0) is 14.7. The van der Waals surface area contributed by atoms with Crippen LogP contribution in [-0.4, -0.2) is 23.5 Å². The molecule has 0 aromatic carbocycles. The second kappa shape index (κ2) is 7.22. The lowest BCUT2D eigenvalue weighted by molar-refractivity contribution is 0.182. The van der Waals surface area contributed by atoms with Gasteiger partial charge >= 0.3 is 0 Å². The molecular formula is C11H13BrCl2N4OS. The SMILES string of the molecule is COCCn1ncc(Br)c1C(NN)c1cc(Cl)sc1Cl. The van der Waals surface area contributed by atoms with Crippen molar-refractivity contribution >= 4 is 50.5 Å². The number of aromatic nitrogens is 2. The molecule has 0 saturated carbocycles. The van der Waals surface area contributed by atoms with Gasteiger partial charge in [0.25, 0.3) is 0 Å². The minimum absolute atomic E-state index is 0.306. The third-order valence-electron chi connectivity index (χ3n) is 2.77. The van der Waals surface area contributed by atoms with Gasteiger partial charge in [-0.25, -0.2) is 5.43 Å². The summed E-state index contributed by atoms with van der Waals surface area (Å²) in [4.78, 5) is 0. The van der Waals surface area contributed by atoms with E-state index in [1.807, 2.05) is 4.68 Å². The fraction of sp³-hybridized carbons (Fsp3) is 0.364. The van der Waals surface area contributed by atoms with Crippen molar-refractivity contribution in [2.75, 3.05) is 13.7 Å². The van der Waals surface area contributed by atoms with Crippen molar-refractivity contribution in [2.45, 2.75) is 12.6 Å². The van der Waals surface area contributed by atoms with Crippen molar-refractivity contribution < 1.29 is 4.74 Å². The average Bonchev–Trinajstić information content (AvgIpc) is 2.93. The Labute approximate surface area is 139 Å². The summed E-state index contributed by atoms with van der Waals surface area (Å²) in [5.74, 6) is 5.70. The molecule has 2 aromatic rings. The van der Waals surface area contributed by atoms with Crippen LogP contribution in [0.25, 0.3) is 0 Å². The molecule has 0 aliphatic heterocycles. The maximum atomic E-state index is 6.21. The van der Waals surface area contributed by atoms with Crippen molar-refractivity contribution in [3.63, 3.8) is 0 Å². The molecule has 1 unspecified atom stereocenters. The van der Waals surface area contributed by atoms with Gasteiger partial charge in [-0.3, -0.25) is 10.5 Å². The monoisotopic (exact) mass is 398 g/mol. The molecule has 0 aliphatic rings. The standard InChI is InChI=1S/C11H13BrCl2N4OS/c1-19-3-2-18-10(7(12)5-16-18)9(17-15)6-4-8(13)20-11(6)14/h4-5,9,17H,2-3,15H2,1H3. The highest BCUT2D eigenvalue weighted by atomic mass is 79.9. The summed E-state index contributed by atoms with van der Waals surface area (Å²) in [6.45, 7) is 1.17. The van der Waals surface area contributed by atoms with Crippen LogP contribution in [0.4, 0.5) is 0 Å². The molecule has 0 spiro atoms. The van der Waals surface area contributed by atoms with Crippen molar-refractivity contribution in [3.05, 3.63) is 36.7 Å². The first kappa shape index (κ1) is 16.2.